The summed E-state index contributed by atoms with van der Waals surface area (Å²) >= 11 is 0. The predicted octanol–water partition coefficient (Wildman–Crippen LogP) is 6.12. The van der Waals surface area contributed by atoms with E-state index in [4.69, 9.17) is 0 Å². The lowest BCUT2D eigenvalue weighted by molar-refractivity contribution is -0.0422. The van der Waals surface area contributed by atoms with Crippen LogP contribution in [-0.4, -0.2) is 42.1 Å². The predicted molar refractivity (Wildman–Crippen MR) is 117 cm³/mol. The summed E-state index contributed by atoms with van der Waals surface area (Å²) in [5.74, 6) is 1.05. The molecule has 2 nitrogen and oxygen atoms in total. The lowest BCUT2D eigenvalue weighted by Gasteiger charge is -2.50. The van der Waals surface area contributed by atoms with Crippen LogP contribution in [0.1, 0.15) is 90.9 Å². The van der Waals surface area contributed by atoms with E-state index in [2.05, 4.69) is 23.6 Å². The van der Waals surface area contributed by atoms with Crippen molar-refractivity contribution in [1.29, 1.82) is 0 Å². The van der Waals surface area contributed by atoms with E-state index in [0.717, 1.165) is 17.5 Å². The number of hydrogen-bond acceptors (Lipinski definition) is 2. The van der Waals surface area contributed by atoms with Crippen LogP contribution in [0.25, 0.3) is 0 Å². The molecule has 1 atom stereocenters. The van der Waals surface area contributed by atoms with E-state index in [1.54, 1.807) is 0 Å². The lowest BCUT2D eigenvalue weighted by Crippen LogP contribution is -2.56. The first-order valence-electron chi connectivity index (χ1n) is 11.2. The molecule has 26 heavy (non-hydrogen) atoms. The van der Waals surface area contributed by atoms with Gasteiger partial charge in [0, 0.05) is 13.1 Å². The summed E-state index contributed by atoms with van der Waals surface area (Å²) in [6.45, 7) is 10.4. The quantitative estimate of drug-likeness (QED) is 0.543. The third kappa shape index (κ3) is 4.39. The molecule has 5 aliphatic rings. The average Bonchev–Trinajstić information content (AvgIpc) is 3.04. The van der Waals surface area contributed by atoms with Gasteiger partial charge in [0.1, 0.15) is 0 Å². The van der Waals surface area contributed by atoms with Crippen molar-refractivity contribution >= 4 is 24.8 Å². The van der Waals surface area contributed by atoms with Crippen LogP contribution in [0.3, 0.4) is 0 Å². The molecule has 0 aromatic carbocycles. The molecule has 0 N–H and O–H groups in total. The summed E-state index contributed by atoms with van der Waals surface area (Å²) < 4.78 is 0. The van der Waals surface area contributed by atoms with Crippen LogP contribution in [-0.2, 0) is 0 Å². The van der Waals surface area contributed by atoms with Crippen molar-refractivity contribution in [1.82, 2.24) is 9.80 Å². The summed E-state index contributed by atoms with van der Waals surface area (Å²) in [5, 5.41) is 0. The largest absolute Gasteiger partial charge is 0.288 e. The SMILES string of the molecule is CCCC1(CCC)CCC2(CCN(C3CC4CCN3CC4)C2)CC1.Cl.Cl. The Morgan fingerprint density at radius 1 is 0.769 bits per heavy atom. The molecule has 1 saturated carbocycles. The number of piperidine rings is 3. The monoisotopic (exact) mass is 404 g/mol. The zero-order chi connectivity index (χ0) is 16.6. The number of fused-ring (bicyclic) bond motifs is 3. The van der Waals surface area contributed by atoms with E-state index >= 15 is 0 Å². The second-order valence-electron chi connectivity index (χ2n) is 9.92. The van der Waals surface area contributed by atoms with Gasteiger partial charge in [-0.1, -0.05) is 26.7 Å². The molecule has 1 unspecified atom stereocenters. The second-order valence-corrected chi connectivity index (χ2v) is 9.92. The Labute approximate surface area is 174 Å². The fraction of sp³-hybridized carbons (Fsp3) is 1.00. The van der Waals surface area contributed by atoms with Crippen LogP contribution >= 0.6 is 24.8 Å². The molecule has 4 saturated heterocycles. The molecular weight excluding hydrogens is 363 g/mol. The van der Waals surface area contributed by atoms with E-state index in [-0.39, 0.29) is 24.8 Å². The minimum absolute atomic E-state index is 0. The van der Waals surface area contributed by atoms with Crippen LogP contribution in [0, 0.1) is 16.7 Å². The molecule has 0 aromatic heterocycles. The van der Waals surface area contributed by atoms with Gasteiger partial charge in [-0.05, 0) is 94.0 Å². The first-order valence-corrected chi connectivity index (χ1v) is 11.2. The number of nitrogens with zero attached hydrogens (tertiary/aromatic N) is 2. The summed E-state index contributed by atoms with van der Waals surface area (Å²) in [4.78, 5) is 5.73. The van der Waals surface area contributed by atoms with E-state index in [9.17, 15) is 0 Å². The lowest BCUT2D eigenvalue weighted by atomic mass is 9.60. The molecule has 0 amide bonds. The molecule has 0 radical (unpaired) electrons. The number of likely N-dealkylation sites (tertiary alicyclic amines) is 1. The van der Waals surface area contributed by atoms with Gasteiger partial charge in [0.25, 0.3) is 0 Å². The molecule has 154 valence electrons. The molecule has 5 rings (SSSR count). The second kappa shape index (κ2) is 9.33. The zero-order valence-electron chi connectivity index (χ0n) is 17.2. The standard InChI is InChI=1S/C22H40N2.2ClH/c1-3-7-21(8-4-2)9-11-22(12-10-21)13-16-24(18-22)20-17-19-5-14-23(20)15-6-19;;/h19-20H,3-18H2,1-2H3;2*1H. The highest BCUT2D eigenvalue weighted by Crippen LogP contribution is 2.54. The summed E-state index contributed by atoms with van der Waals surface area (Å²) in [5.41, 5.74) is 1.42. The van der Waals surface area contributed by atoms with Crippen LogP contribution < -0.4 is 0 Å². The molecule has 1 spiro atoms. The Kier molecular flexibility index (Phi) is 8.18. The minimum atomic E-state index is 0. The van der Waals surface area contributed by atoms with E-state index in [1.165, 1.54) is 103 Å². The summed E-state index contributed by atoms with van der Waals surface area (Å²) in [7, 11) is 0. The van der Waals surface area contributed by atoms with Gasteiger partial charge < -0.3 is 0 Å². The molecule has 4 heterocycles. The van der Waals surface area contributed by atoms with Gasteiger partial charge in [-0.15, -0.1) is 24.8 Å². The Morgan fingerprint density at radius 3 is 1.88 bits per heavy atom. The highest BCUT2D eigenvalue weighted by molar-refractivity contribution is 5.85. The normalized spacial score (nSPS) is 35.1. The molecular formula is C22H42Cl2N2. The van der Waals surface area contributed by atoms with Gasteiger partial charge in [-0.3, -0.25) is 9.80 Å². The number of rotatable bonds is 5. The van der Waals surface area contributed by atoms with Gasteiger partial charge in [-0.25, -0.2) is 0 Å². The van der Waals surface area contributed by atoms with Crippen molar-refractivity contribution in [3.8, 4) is 0 Å². The minimum Gasteiger partial charge on any atom is -0.288 e. The van der Waals surface area contributed by atoms with Crippen molar-refractivity contribution < 1.29 is 0 Å². The van der Waals surface area contributed by atoms with Crippen LogP contribution in [0.2, 0.25) is 0 Å². The fourth-order valence-electron chi connectivity index (χ4n) is 6.94. The Balaban J connectivity index is 0.00000121. The molecule has 1 aliphatic carbocycles. The third-order valence-electron chi connectivity index (χ3n) is 8.44. The first kappa shape index (κ1) is 22.8. The maximum absolute atomic E-state index is 2.91. The highest BCUT2D eigenvalue weighted by atomic mass is 35.5. The highest BCUT2D eigenvalue weighted by Gasteiger charge is 2.48. The van der Waals surface area contributed by atoms with E-state index in [0.29, 0.717) is 5.41 Å². The van der Waals surface area contributed by atoms with E-state index in [1.807, 2.05) is 0 Å². The van der Waals surface area contributed by atoms with Crippen LogP contribution in [0.4, 0.5) is 0 Å². The van der Waals surface area contributed by atoms with Crippen molar-refractivity contribution in [3.63, 3.8) is 0 Å². The third-order valence-corrected chi connectivity index (χ3v) is 8.44. The van der Waals surface area contributed by atoms with E-state index < -0.39 is 0 Å². The Morgan fingerprint density at radius 2 is 1.38 bits per heavy atom. The number of halogens is 2. The van der Waals surface area contributed by atoms with Gasteiger partial charge in [0.05, 0.1) is 6.17 Å². The number of hydrogen-bond donors (Lipinski definition) is 0. The van der Waals surface area contributed by atoms with Gasteiger partial charge in [0.15, 0.2) is 0 Å². The maximum Gasteiger partial charge on any atom is 0.0625 e. The Bertz CT molecular complexity index is 418. The smallest absolute Gasteiger partial charge is 0.0625 e. The van der Waals surface area contributed by atoms with Crippen molar-refractivity contribution in [2.24, 2.45) is 16.7 Å². The molecule has 4 heteroatoms. The topological polar surface area (TPSA) is 6.48 Å². The van der Waals surface area contributed by atoms with Crippen molar-refractivity contribution in [2.45, 2.75) is 97.1 Å². The van der Waals surface area contributed by atoms with Gasteiger partial charge >= 0.3 is 0 Å². The Hall–Kier alpha value is 0.500. The molecule has 0 aromatic rings. The van der Waals surface area contributed by atoms with Crippen molar-refractivity contribution in [2.75, 3.05) is 26.2 Å². The van der Waals surface area contributed by atoms with Crippen molar-refractivity contribution in [3.05, 3.63) is 0 Å². The molecule has 5 fully saturated rings. The first-order chi connectivity index (χ1) is 11.7. The summed E-state index contributed by atoms with van der Waals surface area (Å²) in [6, 6.07) is 0. The van der Waals surface area contributed by atoms with Crippen LogP contribution in [0.5, 0.6) is 0 Å². The van der Waals surface area contributed by atoms with Gasteiger partial charge in [0.2, 0.25) is 0 Å². The van der Waals surface area contributed by atoms with Crippen LogP contribution in [0.15, 0.2) is 0 Å². The summed E-state index contributed by atoms with van der Waals surface area (Å²) in [6.07, 6.45) is 18.6. The van der Waals surface area contributed by atoms with Gasteiger partial charge in [-0.2, -0.15) is 0 Å². The fourth-order valence-corrected chi connectivity index (χ4v) is 6.94. The zero-order valence-corrected chi connectivity index (χ0v) is 18.8. The average molecular weight is 405 g/mol. The molecule has 2 bridgehead atoms. The molecule has 4 aliphatic heterocycles. The maximum atomic E-state index is 2.91.